The Bertz CT molecular complexity index is 536. The fraction of sp³-hybridized carbons (Fsp3) is 0.650. The Labute approximate surface area is 152 Å². The average Bonchev–Trinajstić information content (AvgIpc) is 2.62. The van der Waals surface area contributed by atoms with Crippen molar-refractivity contribution >= 4 is 5.96 Å². The zero-order valence-corrected chi connectivity index (χ0v) is 16.2. The molecular formula is C20H34N4O. The number of nitrogens with one attached hydrogen (secondary N) is 2. The highest BCUT2D eigenvalue weighted by atomic mass is 16.5. The summed E-state index contributed by atoms with van der Waals surface area (Å²) in [5, 5.41) is 6.95. The predicted octanol–water partition coefficient (Wildman–Crippen LogP) is 2.80. The van der Waals surface area contributed by atoms with E-state index in [2.05, 4.69) is 47.4 Å². The fourth-order valence-corrected chi connectivity index (χ4v) is 3.13. The van der Waals surface area contributed by atoms with Gasteiger partial charge < -0.3 is 20.3 Å². The molecule has 0 spiro atoms. The number of hydrogen-bond donors (Lipinski definition) is 2. The maximum absolute atomic E-state index is 5.83. The summed E-state index contributed by atoms with van der Waals surface area (Å²) in [6.45, 7) is 10.5. The van der Waals surface area contributed by atoms with Crippen LogP contribution in [0.4, 0.5) is 0 Å². The number of aliphatic imine (C=N–C) groups is 1. The molecule has 0 atom stereocenters. The van der Waals surface area contributed by atoms with Gasteiger partial charge in [-0.05, 0) is 51.7 Å². The van der Waals surface area contributed by atoms with Gasteiger partial charge in [-0.3, -0.25) is 4.99 Å². The first-order valence-electron chi connectivity index (χ1n) is 9.50. The van der Waals surface area contributed by atoms with Crippen LogP contribution in [0.1, 0.15) is 38.7 Å². The molecule has 0 aromatic heterocycles. The first-order valence-corrected chi connectivity index (χ1v) is 9.50. The molecule has 1 aromatic rings. The molecule has 2 N–H and O–H groups in total. The fourth-order valence-electron chi connectivity index (χ4n) is 3.13. The number of likely N-dealkylation sites (tertiary alicyclic amines) is 1. The number of ether oxygens (including phenoxy) is 1. The molecule has 140 valence electrons. The maximum atomic E-state index is 5.83. The lowest BCUT2D eigenvalue weighted by Crippen LogP contribution is -2.50. The van der Waals surface area contributed by atoms with E-state index in [9.17, 15) is 0 Å². The lowest BCUT2D eigenvalue weighted by molar-refractivity contribution is 0.167. The first-order chi connectivity index (χ1) is 12.1. The van der Waals surface area contributed by atoms with Crippen molar-refractivity contribution < 1.29 is 4.74 Å². The van der Waals surface area contributed by atoms with Crippen molar-refractivity contribution in [2.75, 3.05) is 33.3 Å². The van der Waals surface area contributed by atoms with Gasteiger partial charge in [-0.2, -0.15) is 0 Å². The molecule has 1 aliphatic heterocycles. The Morgan fingerprint density at radius 2 is 2.00 bits per heavy atom. The lowest BCUT2D eigenvalue weighted by Gasteiger charge is -2.35. The van der Waals surface area contributed by atoms with Crippen molar-refractivity contribution in [2.24, 2.45) is 4.99 Å². The Hall–Kier alpha value is -1.75. The van der Waals surface area contributed by atoms with Crippen LogP contribution in [0.2, 0.25) is 0 Å². The summed E-state index contributed by atoms with van der Waals surface area (Å²) in [5.74, 6) is 1.88. The molecule has 0 bridgehead atoms. The number of rotatable bonds is 7. The molecule has 0 amide bonds. The minimum atomic E-state index is 0.518. The minimum absolute atomic E-state index is 0.518. The van der Waals surface area contributed by atoms with Gasteiger partial charge >= 0.3 is 0 Å². The molecule has 1 heterocycles. The third-order valence-electron chi connectivity index (χ3n) is 4.79. The molecule has 0 radical (unpaired) electrons. The molecule has 25 heavy (non-hydrogen) atoms. The average molecular weight is 347 g/mol. The number of nitrogens with zero attached hydrogens (tertiary/aromatic N) is 2. The first kappa shape index (κ1) is 19.6. The summed E-state index contributed by atoms with van der Waals surface area (Å²) >= 11 is 0. The number of piperidine rings is 1. The number of para-hydroxylation sites is 1. The molecule has 5 heteroatoms. The van der Waals surface area contributed by atoms with Crippen LogP contribution in [0.15, 0.2) is 29.3 Å². The van der Waals surface area contributed by atoms with E-state index in [4.69, 9.17) is 4.74 Å². The zero-order valence-electron chi connectivity index (χ0n) is 16.2. The molecule has 2 rings (SSSR count). The third-order valence-corrected chi connectivity index (χ3v) is 4.79. The normalized spacial score (nSPS) is 16.9. The van der Waals surface area contributed by atoms with Crippen molar-refractivity contribution in [3.05, 3.63) is 29.8 Å². The van der Waals surface area contributed by atoms with Gasteiger partial charge in [0.25, 0.3) is 0 Å². The largest absolute Gasteiger partial charge is 0.493 e. The molecule has 1 saturated heterocycles. The summed E-state index contributed by atoms with van der Waals surface area (Å²) < 4.78 is 5.83. The molecule has 1 fully saturated rings. The van der Waals surface area contributed by atoms with E-state index in [0.29, 0.717) is 18.7 Å². The van der Waals surface area contributed by atoms with E-state index in [0.717, 1.165) is 37.8 Å². The van der Waals surface area contributed by atoms with Crippen LogP contribution in [0.25, 0.3) is 0 Å². The van der Waals surface area contributed by atoms with Crippen molar-refractivity contribution in [2.45, 2.75) is 52.1 Å². The number of benzene rings is 1. The summed E-state index contributed by atoms with van der Waals surface area (Å²) in [4.78, 5) is 6.89. The summed E-state index contributed by atoms with van der Waals surface area (Å²) in [5.41, 5.74) is 1.18. The van der Waals surface area contributed by atoms with Gasteiger partial charge in [0.1, 0.15) is 5.75 Å². The minimum Gasteiger partial charge on any atom is -0.493 e. The smallest absolute Gasteiger partial charge is 0.191 e. The predicted molar refractivity (Wildman–Crippen MR) is 106 cm³/mol. The van der Waals surface area contributed by atoms with E-state index >= 15 is 0 Å². The quantitative estimate of drug-likeness (QED) is 0.453. The molecule has 0 saturated carbocycles. The van der Waals surface area contributed by atoms with Crippen LogP contribution in [-0.2, 0) is 0 Å². The van der Waals surface area contributed by atoms with Gasteiger partial charge in [0.05, 0.1) is 6.61 Å². The van der Waals surface area contributed by atoms with Gasteiger partial charge in [0.2, 0.25) is 0 Å². The van der Waals surface area contributed by atoms with E-state index in [1.807, 2.05) is 25.2 Å². The molecule has 1 aromatic carbocycles. The van der Waals surface area contributed by atoms with Gasteiger partial charge in [-0.25, -0.2) is 0 Å². The molecular weight excluding hydrogens is 312 g/mol. The van der Waals surface area contributed by atoms with Gasteiger partial charge in [0, 0.05) is 38.8 Å². The number of hydrogen-bond acceptors (Lipinski definition) is 3. The second kappa shape index (κ2) is 10.3. The Balaban J connectivity index is 1.62. The highest BCUT2D eigenvalue weighted by Crippen LogP contribution is 2.16. The van der Waals surface area contributed by atoms with Crippen LogP contribution in [0.5, 0.6) is 5.75 Å². The Morgan fingerprint density at radius 1 is 1.28 bits per heavy atom. The Kier molecular flexibility index (Phi) is 8.06. The van der Waals surface area contributed by atoms with Crippen LogP contribution in [0, 0.1) is 6.92 Å². The number of aryl methyl sites for hydroxylation is 1. The van der Waals surface area contributed by atoms with Crippen molar-refractivity contribution in [1.29, 1.82) is 0 Å². The topological polar surface area (TPSA) is 48.9 Å². The third kappa shape index (κ3) is 6.58. The van der Waals surface area contributed by atoms with E-state index < -0.39 is 0 Å². The van der Waals surface area contributed by atoms with Crippen LogP contribution in [-0.4, -0.2) is 56.2 Å². The molecule has 0 aliphatic carbocycles. The SMILES string of the molecule is CN=C(NCCCOc1ccccc1C)NC1CCN(C(C)C)CC1. The van der Waals surface area contributed by atoms with Gasteiger partial charge in [-0.1, -0.05) is 18.2 Å². The van der Waals surface area contributed by atoms with Crippen LogP contribution >= 0.6 is 0 Å². The standard InChI is InChI=1S/C20H34N4O/c1-16(2)24-13-10-18(11-14-24)23-20(21-4)22-12-7-15-25-19-9-6-5-8-17(19)3/h5-6,8-9,16,18H,7,10-15H2,1-4H3,(H2,21,22,23). The second-order valence-electron chi connectivity index (χ2n) is 7.01. The molecule has 5 nitrogen and oxygen atoms in total. The van der Waals surface area contributed by atoms with Crippen molar-refractivity contribution in [3.63, 3.8) is 0 Å². The number of guanidine groups is 1. The Morgan fingerprint density at radius 3 is 2.64 bits per heavy atom. The zero-order chi connectivity index (χ0) is 18.1. The maximum Gasteiger partial charge on any atom is 0.191 e. The highest BCUT2D eigenvalue weighted by molar-refractivity contribution is 5.79. The van der Waals surface area contributed by atoms with E-state index in [1.54, 1.807) is 0 Å². The summed E-state index contributed by atoms with van der Waals surface area (Å²) in [6, 6.07) is 9.30. The van der Waals surface area contributed by atoms with Crippen LogP contribution in [0.3, 0.4) is 0 Å². The van der Waals surface area contributed by atoms with E-state index in [-0.39, 0.29) is 0 Å². The highest BCUT2D eigenvalue weighted by Gasteiger charge is 2.21. The monoisotopic (exact) mass is 346 g/mol. The van der Waals surface area contributed by atoms with Crippen LogP contribution < -0.4 is 15.4 Å². The lowest BCUT2D eigenvalue weighted by atomic mass is 10.0. The van der Waals surface area contributed by atoms with Crippen molar-refractivity contribution in [1.82, 2.24) is 15.5 Å². The second-order valence-corrected chi connectivity index (χ2v) is 7.01. The van der Waals surface area contributed by atoms with E-state index in [1.165, 1.54) is 18.4 Å². The molecule has 0 unspecified atom stereocenters. The van der Waals surface area contributed by atoms with Gasteiger partial charge in [-0.15, -0.1) is 0 Å². The van der Waals surface area contributed by atoms with Gasteiger partial charge in [0.15, 0.2) is 5.96 Å². The molecule has 1 aliphatic rings. The summed E-state index contributed by atoms with van der Waals surface area (Å²) in [7, 11) is 1.84. The summed E-state index contributed by atoms with van der Waals surface area (Å²) in [6.07, 6.45) is 3.30. The van der Waals surface area contributed by atoms with Crippen molar-refractivity contribution in [3.8, 4) is 5.75 Å².